The van der Waals surface area contributed by atoms with Crippen LogP contribution in [0, 0.1) is 0 Å². The van der Waals surface area contributed by atoms with Crippen molar-refractivity contribution in [2.45, 2.75) is 0 Å². The maximum absolute atomic E-state index is 6.07. The SMILES string of the molecule is CNc1ccc(N)cc1-c1cc(-c2ccccc2)nc(-c2ccccc2)c1. The van der Waals surface area contributed by atoms with Crippen LogP contribution in [-0.2, 0) is 0 Å². The number of aromatic nitrogens is 1. The monoisotopic (exact) mass is 351 g/mol. The molecule has 0 aliphatic carbocycles. The molecule has 3 heteroatoms. The van der Waals surface area contributed by atoms with E-state index in [9.17, 15) is 0 Å². The van der Waals surface area contributed by atoms with Crippen LogP contribution >= 0.6 is 0 Å². The molecule has 0 saturated heterocycles. The number of pyridine rings is 1. The quantitative estimate of drug-likeness (QED) is 0.463. The van der Waals surface area contributed by atoms with Gasteiger partial charge in [-0.3, -0.25) is 0 Å². The van der Waals surface area contributed by atoms with Gasteiger partial charge in [0.25, 0.3) is 0 Å². The largest absolute Gasteiger partial charge is 0.399 e. The van der Waals surface area contributed by atoms with Gasteiger partial charge in [-0.15, -0.1) is 0 Å². The third kappa shape index (κ3) is 3.53. The van der Waals surface area contributed by atoms with E-state index in [0.717, 1.165) is 45.0 Å². The minimum atomic E-state index is 0.739. The highest BCUT2D eigenvalue weighted by molar-refractivity contribution is 5.85. The Morgan fingerprint density at radius 2 is 1.22 bits per heavy atom. The topological polar surface area (TPSA) is 50.9 Å². The zero-order valence-electron chi connectivity index (χ0n) is 15.2. The number of rotatable bonds is 4. The second-order valence-corrected chi connectivity index (χ2v) is 6.41. The lowest BCUT2D eigenvalue weighted by Gasteiger charge is -2.14. The third-order valence-corrected chi connectivity index (χ3v) is 4.59. The minimum absolute atomic E-state index is 0.739. The number of nitrogens with two attached hydrogens (primary N) is 1. The van der Waals surface area contributed by atoms with Crippen LogP contribution in [0.1, 0.15) is 0 Å². The number of nitrogen functional groups attached to an aromatic ring is 1. The van der Waals surface area contributed by atoms with Crippen LogP contribution in [0.2, 0.25) is 0 Å². The Morgan fingerprint density at radius 1 is 0.667 bits per heavy atom. The van der Waals surface area contributed by atoms with Crippen molar-refractivity contribution in [1.82, 2.24) is 4.98 Å². The van der Waals surface area contributed by atoms with Crippen LogP contribution in [-0.4, -0.2) is 12.0 Å². The lowest BCUT2D eigenvalue weighted by atomic mass is 9.98. The molecule has 4 rings (SSSR count). The van der Waals surface area contributed by atoms with E-state index in [1.807, 2.05) is 61.6 Å². The first-order valence-electron chi connectivity index (χ1n) is 8.95. The highest BCUT2D eigenvalue weighted by atomic mass is 14.8. The Morgan fingerprint density at radius 3 is 1.74 bits per heavy atom. The summed E-state index contributed by atoms with van der Waals surface area (Å²) >= 11 is 0. The molecule has 0 aliphatic rings. The van der Waals surface area contributed by atoms with Crippen molar-refractivity contribution in [3.8, 4) is 33.6 Å². The number of nitrogens with one attached hydrogen (secondary N) is 1. The van der Waals surface area contributed by atoms with Crippen LogP contribution in [0.15, 0.2) is 91.0 Å². The average molecular weight is 351 g/mol. The summed E-state index contributed by atoms with van der Waals surface area (Å²) in [6, 6.07) is 30.7. The van der Waals surface area contributed by atoms with Crippen LogP contribution in [0.25, 0.3) is 33.6 Å². The van der Waals surface area contributed by atoms with Gasteiger partial charge in [0.2, 0.25) is 0 Å². The molecule has 0 radical (unpaired) electrons. The molecule has 0 unspecified atom stereocenters. The third-order valence-electron chi connectivity index (χ3n) is 4.59. The Hall–Kier alpha value is -3.59. The fourth-order valence-electron chi connectivity index (χ4n) is 3.22. The average Bonchev–Trinajstić information content (AvgIpc) is 2.74. The molecule has 0 fully saturated rings. The molecule has 1 aromatic heterocycles. The Kier molecular flexibility index (Phi) is 4.58. The molecule has 0 saturated carbocycles. The van der Waals surface area contributed by atoms with Gasteiger partial charge in [-0.2, -0.15) is 0 Å². The van der Waals surface area contributed by atoms with Gasteiger partial charge in [-0.25, -0.2) is 4.98 Å². The van der Waals surface area contributed by atoms with Crippen molar-refractivity contribution >= 4 is 11.4 Å². The van der Waals surface area contributed by atoms with E-state index < -0.39 is 0 Å². The molecule has 4 aromatic rings. The molecule has 0 aliphatic heterocycles. The number of benzene rings is 3. The Bertz CT molecular complexity index is 1000. The van der Waals surface area contributed by atoms with Crippen molar-refractivity contribution in [2.24, 2.45) is 0 Å². The van der Waals surface area contributed by atoms with Gasteiger partial charge in [-0.05, 0) is 35.9 Å². The van der Waals surface area contributed by atoms with Crippen molar-refractivity contribution in [3.05, 3.63) is 91.0 Å². The highest BCUT2D eigenvalue weighted by Gasteiger charge is 2.11. The van der Waals surface area contributed by atoms with E-state index in [4.69, 9.17) is 10.7 Å². The van der Waals surface area contributed by atoms with Crippen LogP contribution < -0.4 is 11.1 Å². The fourth-order valence-corrected chi connectivity index (χ4v) is 3.22. The minimum Gasteiger partial charge on any atom is -0.399 e. The first-order valence-corrected chi connectivity index (χ1v) is 8.95. The molecule has 132 valence electrons. The second-order valence-electron chi connectivity index (χ2n) is 6.41. The van der Waals surface area contributed by atoms with E-state index in [2.05, 4.69) is 41.7 Å². The summed E-state index contributed by atoms with van der Waals surface area (Å²) in [5, 5.41) is 3.26. The molecule has 0 spiro atoms. The van der Waals surface area contributed by atoms with E-state index >= 15 is 0 Å². The predicted octanol–water partition coefficient (Wildman–Crippen LogP) is 5.71. The lowest BCUT2D eigenvalue weighted by Crippen LogP contribution is -1.96. The summed E-state index contributed by atoms with van der Waals surface area (Å²) in [7, 11) is 1.92. The van der Waals surface area contributed by atoms with Gasteiger partial charge in [0.05, 0.1) is 11.4 Å². The standard InChI is InChI=1S/C24H21N3/c1-26-22-13-12-20(25)16-21(22)19-14-23(17-8-4-2-5-9-17)27-24(15-19)18-10-6-3-7-11-18/h2-16,26H,25H2,1H3. The zero-order valence-corrected chi connectivity index (χ0v) is 15.2. The van der Waals surface area contributed by atoms with E-state index in [1.54, 1.807) is 0 Å². The van der Waals surface area contributed by atoms with Gasteiger partial charge in [0.15, 0.2) is 0 Å². The fraction of sp³-hybridized carbons (Fsp3) is 0.0417. The van der Waals surface area contributed by atoms with Crippen LogP contribution in [0.4, 0.5) is 11.4 Å². The van der Waals surface area contributed by atoms with E-state index in [1.165, 1.54) is 0 Å². The predicted molar refractivity (Wildman–Crippen MR) is 115 cm³/mol. The Labute approximate surface area is 159 Å². The smallest absolute Gasteiger partial charge is 0.0715 e. The molecule has 0 amide bonds. The molecule has 27 heavy (non-hydrogen) atoms. The van der Waals surface area contributed by atoms with Gasteiger partial charge in [-0.1, -0.05) is 60.7 Å². The van der Waals surface area contributed by atoms with Crippen molar-refractivity contribution in [3.63, 3.8) is 0 Å². The molecule has 0 atom stereocenters. The summed E-state index contributed by atoms with van der Waals surface area (Å²) in [6.45, 7) is 0. The van der Waals surface area contributed by atoms with Gasteiger partial charge < -0.3 is 11.1 Å². The molecular weight excluding hydrogens is 330 g/mol. The van der Waals surface area contributed by atoms with Gasteiger partial charge >= 0.3 is 0 Å². The number of anilines is 2. The van der Waals surface area contributed by atoms with Crippen LogP contribution in [0.3, 0.4) is 0 Å². The first-order chi connectivity index (χ1) is 13.2. The number of hydrogen-bond acceptors (Lipinski definition) is 3. The molecule has 3 N–H and O–H groups in total. The van der Waals surface area contributed by atoms with Crippen molar-refractivity contribution in [1.29, 1.82) is 0 Å². The second kappa shape index (κ2) is 7.34. The van der Waals surface area contributed by atoms with Gasteiger partial charge in [0, 0.05) is 35.1 Å². The van der Waals surface area contributed by atoms with Crippen LogP contribution in [0.5, 0.6) is 0 Å². The first kappa shape index (κ1) is 16.9. The molecule has 3 nitrogen and oxygen atoms in total. The summed E-state index contributed by atoms with van der Waals surface area (Å²) in [5.41, 5.74) is 14.1. The number of hydrogen-bond donors (Lipinski definition) is 2. The molecule has 3 aromatic carbocycles. The number of nitrogens with zero attached hydrogens (tertiary/aromatic N) is 1. The molecule has 1 heterocycles. The van der Waals surface area contributed by atoms with Crippen molar-refractivity contribution in [2.75, 3.05) is 18.1 Å². The van der Waals surface area contributed by atoms with Crippen molar-refractivity contribution < 1.29 is 0 Å². The summed E-state index contributed by atoms with van der Waals surface area (Å²) in [5.74, 6) is 0. The molecule has 0 bridgehead atoms. The summed E-state index contributed by atoms with van der Waals surface area (Å²) in [4.78, 5) is 4.93. The maximum Gasteiger partial charge on any atom is 0.0715 e. The lowest BCUT2D eigenvalue weighted by molar-refractivity contribution is 1.32. The Balaban J connectivity index is 1.96. The zero-order chi connectivity index (χ0) is 18.6. The van der Waals surface area contributed by atoms with Gasteiger partial charge in [0.1, 0.15) is 0 Å². The summed E-state index contributed by atoms with van der Waals surface area (Å²) in [6.07, 6.45) is 0. The van der Waals surface area contributed by atoms with E-state index in [-0.39, 0.29) is 0 Å². The highest BCUT2D eigenvalue weighted by Crippen LogP contribution is 2.34. The summed E-state index contributed by atoms with van der Waals surface area (Å²) < 4.78 is 0. The molecular formula is C24H21N3. The maximum atomic E-state index is 6.07. The van der Waals surface area contributed by atoms with E-state index in [0.29, 0.717) is 0 Å². The normalized spacial score (nSPS) is 10.6.